The Balaban J connectivity index is 2.37. The topological polar surface area (TPSA) is 78.7 Å². The molecule has 3 N–H and O–H groups in total. The number of nitrogens with two attached hydrogens (primary N) is 1. The summed E-state index contributed by atoms with van der Waals surface area (Å²) in [6, 6.07) is 4.99. The van der Waals surface area contributed by atoms with Gasteiger partial charge in [-0.15, -0.1) is 12.6 Å². The van der Waals surface area contributed by atoms with E-state index in [0.717, 1.165) is 9.91 Å². The van der Waals surface area contributed by atoms with Gasteiger partial charge in [-0.2, -0.15) is 0 Å². The number of hydrogen-bond donors (Lipinski definition) is 3. The zero-order valence-electron chi connectivity index (χ0n) is 9.42. The number of halogens is 1. The number of benzene rings is 1. The first-order chi connectivity index (χ1) is 8.33. The van der Waals surface area contributed by atoms with Crippen LogP contribution in [-0.4, -0.2) is 22.1 Å². The monoisotopic (exact) mass is 286 g/mol. The molecule has 0 saturated carbocycles. The molecule has 96 valence electrons. The number of thiol groups is 1. The van der Waals surface area contributed by atoms with Crippen molar-refractivity contribution in [3.63, 3.8) is 0 Å². The summed E-state index contributed by atoms with van der Waals surface area (Å²) < 4.78 is 0. The number of rotatable bonds is 1. The van der Waals surface area contributed by atoms with Crippen LogP contribution in [0.25, 0.3) is 0 Å². The van der Waals surface area contributed by atoms with E-state index in [2.05, 4.69) is 17.9 Å². The van der Waals surface area contributed by atoms with Gasteiger partial charge in [0.25, 0.3) is 0 Å². The summed E-state index contributed by atoms with van der Waals surface area (Å²) in [6.45, 7) is 1.51. The number of hydrogen-bond acceptors (Lipinski definition) is 4. The standard InChI is InChI=1S/C10H11ClN4O2S/c1-10(18)13-8(16)14(9(17)15(10)12)7-4-2-6(11)3-5-7/h2-5,18H,12H2,1H3,(H,13,16). The number of hydrazine groups is 1. The van der Waals surface area contributed by atoms with E-state index in [-0.39, 0.29) is 0 Å². The van der Waals surface area contributed by atoms with E-state index in [9.17, 15) is 9.59 Å². The Hall–Kier alpha value is -1.44. The molecule has 0 radical (unpaired) electrons. The number of carbonyl (C=O) groups excluding carboxylic acids is 2. The lowest BCUT2D eigenvalue weighted by molar-refractivity contribution is 0.147. The summed E-state index contributed by atoms with van der Waals surface area (Å²) in [5, 5.41) is 3.84. The first-order valence-corrected chi connectivity index (χ1v) is 5.84. The van der Waals surface area contributed by atoms with Gasteiger partial charge in [0.1, 0.15) is 0 Å². The first kappa shape index (κ1) is 13.0. The van der Waals surface area contributed by atoms with Crippen LogP contribution in [-0.2, 0) is 0 Å². The van der Waals surface area contributed by atoms with Crippen molar-refractivity contribution in [2.24, 2.45) is 5.84 Å². The molecule has 1 heterocycles. The van der Waals surface area contributed by atoms with Crippen LogP contribution in [0.15, 0.2) is 24.3 Å². The van der Waals surface area contributed by atoms with E-state index in [4.69, 9.17) is 17.4 Å². The predicted octanol–water partition coefficient (Wildman–Crippen LogP) is 1.77. The molecule has 6 nitrogen and oxygen atoms in total. The summed E-state index contributed by atoms with van der Waals surface area (Å²) in [7, 11) is 0. The second kappa shape index (κ2) is 4.34. The van der Waals surface area contributed by atoms with Crippen LogP contribution in [0.5, 0.6) is 0 Å². The summed E-state index contributed by atoms with van der Waals surface area (Å²) in [6.07, 6.45) is 0. The molecule has 1 aromatic carbocycles. The van der Waals surface area contributed by atoms with Crippen molar-refractivity contribution < 1.29 is 9.59 Å². The Bertz CT molecular complexity index is 505. The third-order valence-corrected chi connectivity index (χ3v) is 3.08. The molecule has 0 aliphatic carbocycles. The van der Waals surface area contributed by atoms with E-state index in [1.807, 2.05) is 0 Å². The van der Waals surface area contributed by atoms with E-state index in [1.54, 1.807) is 24.3 Å². The molecule has 1 saturated heterocycles. The minimum atomic E-state index is -1.23. The van der Waals surface area contributed by atoms with Crippen LogP contribution in [0.2, 0.25) is 5.02 Å². The number of imide groups is 1. The van der Waals surface area contributed by atoms with Gasteiger partial charge in [0.15, 0.2) is 4.99 Å². The summed E-state index contributed by atoms with van der Waals surface area (Å²) in [4.78, 5) is 23.6. The zero-order chi connectivity index (χ0) is 13.5. The fourth-order valence-electron chi connectivity index (χ4n) is 1.52. The van der Waals surface area contributed by atoms with Crippen molar-refractivity contribution in [2.75, 3.05) is 4.90 Å². The Labute approximate surface area is 114 Å². The van der Waals surface area contributed by atoms with Crippen molar-refractivity contribution in [2.45, 2.75) is 11.9 Å². The molecule has 1 aliphatic rings. The second-order valence-corrected chi connectivity index (χ2v) is 5.22. The maximum Gasteiger partial charge on any atom is 0.349 e. The van der Waals surface area contributed by atoms with E-state index in [0.29, 0.717) is 10.7 Å². The fraction of sp³-hybridized carbons (Fsp3) is 0.200. The lowest BCUT2D eigenvalue weighted by Gasteiger charge is -2.42. The molecule has 1 aliphatic heterocycles. The van der Waals surface area contributed by atoms with Gasteiger partial charge in [-0.3, -0.25) is 0 Å². The van der Waals surface area contributed by atoms with Gasteiger partial charge < -0.3 is 5.32 Å². The Morgan fingerprint density at radius 1 is 1.33 bits per heavy atom. The SMILES string of the molecule is CC1(S)NC(=O)N(c2ccc(Cl)cc2)C(=O)N1N. The molecule has 2 rings (SSSR count). The first-order valence-electron chi connectivity index (χ1n) is 5.02. The molecule has 1 fully saturated rings. The maximum atomic E-state index is 12.0. The Kier molecular flexibility index (Phi) is 3.14. The highest BCUT2D eigenvalue weighted by atomic mass is 35.5. The quantitative estimate of drug-likeness (QED) is 0.418. The molecule has 0 bridgehead atoms. The van der Waals surface area contributed by atoms with Gasteiger partial charge in [0, 0.05) is 5.02 Å². The van der Waals surface area contributed by atoms with E-state index < -0.39 is 17.1 Å². The van der Waals surface area contributed by atoms with Crippen molar-refractivity contribution in [3.05, 3.63) is 29.3 Å². The van der Waals surface area contributed by atoms with Crippen LogP contribution in [0.4, 0.5) is 15.3 Å². The number of amides is 4. The minimum absolute atomic E-state index is 0.376. The maximum absolute atomic E-state index is 12.0. The van der Waals surface area contributed by atoms with E-state index >= 15 is 0 Å². The minimum Gasteiger partial charge on any atom is -0.305 e. The molecule has 8 heteroatoms. The van der Waals surface area contributed by atoms with Crippen LogP contribution in [0, 0.1) is 0 Å². The van der Waals surface area contributed by atoms with Crippen LogP contribution in [0.3, 0.4) is 0 Å². The molecular formula is C10H11ClN4O2S. The van der Waals surface area contributed by atoms with Crippen LogP contribution in [0.1, 0.15) is 6.92 Å². The van der Waals surface area contributed by atoms with Crippen molar-refractivity contribution in [1.82, 2.24) is 10.3 Å². The molecule has 18 heavy (non-hydrogen) atoms. The second-order valence-electron chi connectivity index (χ2n) is 3.92. The largest absolute Gasteiger partial charge is 0.349 e. The smallest absolute Gasteiger partial charge is 0.305 e. The molecule has 1 aromatic rings. The summed E-state index contributed by atoms with van der Waals surface area (Å²) in [5.74, 6) is 5.60. The highest BCUT2D eigenvalue weighted by molar-refractivity contribution is 7.81. The van der Waals surface area contributed by atoms with E-state index in [1.165, 1.54) is 6.92 Å². The molecule has 1 atom stereocenters. The number of anilines is 1. The lowest BCUT2D eigenvalue weighted by Crippen LogP contribution is -2.71. The Morgan fingerprint density at radius 3 is 2.44 bits per heavy atom. The number of urea groups is 2. The predicted molar refractivity (Wildman–Crippen MR) is 71.3 cm³/mol. The van der Waals surface area contributed by atoms with Crippen molar-refractivity contribution >= 4 is 42.0 Å². The third kappa shape index (κ3) is 2.12. The molecule has 1 unspecified atom stereocenters. The van der Waals surface area contributed by atoms with Gasteiger partial charge in [-0.25, -0.2) is 25.3 Å². The van der Waals surface area contributed by atoms with Crippen molar-refractivity contribution in [1.29, 1.82) is 0 Å². The van der Waals surface area contributed by atoms with Gasteiger partial charge in [-0.05, 0) is 31.2 Å². The molecule has 0 spiro atoms. The number of carbonyl (C=O) groups is 2. The Morgan fingerprint density at radius 2 is 1.89 bits per heavy atom. The number of nitrogens with one attached hydrogen (secondary N) is 1. The lowest BCUT2D eigenvalue weighted by atomic mass is 10.3. The average Bonchev–Trinajstić information content (AvgIpc) is 2.28. The molecular weight excluding hydrogens is 276 g/mol. The zero-order valence-corrected chi connectivity index (χ0v) is 11.1. The molecule has 0 aromatic heterocycles. The normalized spacial score (nSPS) is 24.2. The average molecular weight is 287 g/mol. The summed E-state index contributed by atoms with van der Waals surface area (Å²) >= 11 is 9.85. The highest BCUT2D eigenvalue weighted by Gasteiger charge is 2.43. The van der Waals surface area contributed by atoms with Crippen LogP contribution >= 0.6 is 24.2 Å². The molecule has 4 amide bonds. The summed E-state index contributed by atoms with van der Waals surface area (Å²) in [5.41, 5.74) is 0.376. The van der Waals surface area contributed by atoms with Crippen molar-refractivity contribution in [3.8, 4) is 0 Å². The van der Waals surface area contributed by atoms with Gasteiger partial charge >= 0.3 is 12.1 Å². The highest BCUT2D eigenvalue weighted by Crippen LogP contribution is 2.25. The fourth-order valence-corrected chi connectivity index (χ4v) is 1.82. The van der Waals surface area contributed by atoms with Gasteiger partial charge in [0.2, 0.25) is 0 Å². The van der Waals surface area contributed by atoms with Crippen LogP contribution < -0.4 is 16.1 Å². The van der Waals surface area contributed by atoms with Gasteiger partial charge in [-0.1, -0.05) is 11.6 Å². The third-order valence-electron chi connectivity index (χ3n) is 2.50. The number of nitrogens with zero attached hydrogens (tertiary/aromatic N) is 2. The van der Waals surface area contributed by atoms with Gasteiger partial charge in [0.05, 0.1) is 5.69 Å².